The van der Waals surface area contributed by atoms with E-state index in [1.807, 2.05) is 12.3 Å². The molecule has 3 fully saturated rings. The minimum atomic E-state index is -3.56. The summed E-state index contributed by atoms with van der Waals surface area (Å²) < 4.78 is 43.9. The topological polar surface area (TPSA) is 129 Å². The van der Waals surface area contributed by atoms with E-state index in [1.54, 1.807) is 12.3 Å². The molecule has 39 heavy (non-hydrogen) atoms. The van der Waals surface area contributed by atoms with Crippen LogP contribution in [0, 0.1) is 17.7 Å². The number of aromatic nitrogens is 1. The van der Waals surface area contributed by atoms with Crippen molar-refractivity contribution in [3.63, 3.8) is 0 Å². The van der Waals surface area contributed by atoms with E-state index in [9.17, 15) is 17.9 Å². The number of aliphatic hydroxyl groups excluding tert-OH is 1. The van der Waals surface area contributed by atoms with Gasteiger partial charge >= 0.3 is 6.15 Å². The smallest absolute Gasteiger partial charge is 0.373 e. The molecule has 0 amide bonds. The third kappa shape index (κ3) is 5.46. The molecule has 208 valence electrons. The van der Waals surface area contributed by atoms with Gasteiger partial charge in [-0.3, -0.25) is 4.99 Å². The lowest BCUT2D eigenvalue weighted by atomic mass is 9.86. The number of hydrogen-bond donors (Lipinski definition) is 2. The van der Waals surface area contributed by atoms with Crippen molar-refractivity contribution in [2.75, 3.05) is 6.54 Å². The summed E-state index contributed by atoms with van der Waals surface area (Å²) in [6.45, 7) is 2.44. The molecule has 2 aliphatic heterocycles. The predicted molar refractivity (Wildman–Crippen MR) is 143 cm³/mol. The summed E-state index contributed by atoms with van der Waals surface area (Å²) in [6, 6.07) is 3.62. The molecule has 2 bridgehead atoms. The maximum absolute atomic E-state index is 13.7. The van der Waals surface area contributed by atoms with Gasteiger partial charge in [0.05, 0.1) is 11.4 Å². The quantitative estimate of drug-likeness (QED) is 0.540. The van der Waals surface area contributed by atoms with Gasteiger partial charge < -0.3 is 10.0 Å². The summed E-state index contributed by atoms with van der Waals surface area (Å²) in [5.41, 5.74) is 2.67. The van der Waals surface area contributed by atoms with Crippen molar-refractivity contribution >= 4 is 44.9 Å². The lowest BCUT2D eigenvalue weighted by Gasteiger charge is -2.33. The highest BCUT2D eigenvalue weighted by Gasteiger charge is 2.50. The zero-order valence-corrected chi connectivity index (χ0v) is 23.5. The van der Waals surface area contributed by atoms with Gasteiger partial charge in [0, 0.05) is 41.3 Å². The molecular weight excluding hydrogens is 567 g/mol. The van der Waals surface area contributed by atoms with Crippen LogP contribution in [0.3, 0.4) is 0 Å². The molecule has 2 saturated carbocycles. The zero-order chi connectivity index (χ0) is 27.9. The van der Waals surface area contributed by atoms with Gasteiger partial charge in [-0.1, -0.05) is 17.7 Å². The van der Waals surface area contributed by atoms with Crippen LogP contribution in [0.5, 0.6) is 0 Å². The molecule has 4 atom stereocenters. The van der Waals surface area contributed by atoms with Crippen LogP contribution in [0.15, 0.2) is 46.0 Å². The van der Waals surface area contributed by atoms with Crippen molar-refractivity contribution in [1.29, 1.82) is 0 Å². The number of halogens is 2. The monoisotopic (exact) mass is 594 g/mol. The number of nitrogens with one attached hydrogen (secondary N) is 1. The standard InChI is InChI=1S/C25H28ClFN4O3S2.CO2/c1-13-21-11-17(30-36(33,34)23-14-2-3-15(23)9-18(32)8-14)12-31(21)24(25-28-6-7-35-25)29-22(13)19-5-4-16(27)10-20(19)26;2-1-3/h4-7,10,14-15,17-18,22-23,30,32H,2-3,8-9,11-12H2,1H3;/t14?,15?,17?,18?,22-,23?;/m1./s1. The number of nitrogens with zero attached hydrogens (tertiary/aromatic N) is 3. The van der Waals surface area contributed by atoms with Crippen molar-refractivity contribution in [2.24, 2.45) is 16.8 Å². The number of hydrogen-bond acceptors (Lipinski definition) is 9. The summed E-state index contributed by atoms with van der Waals surface area (Å²) in [7, 11) is -3.56. The van der Waals surface area contributed by atoms with E-state index in [-0.39, 0.29) is 24.0 Å². The van der Waals surface area contributed by atoms with Gasteiger partial charge in [0.15, 0.2) is 10.8 Å². The van der Waals surface area contributed by atoms with Crippen LogP contribution < -0.4 is 4.72 Å². The summed E-state index contributed by atoms with van der Waals surface area (Å²) in [5, 5.41) is 12.6. The molecule has 6 rings (SSSR count). The van der Waals surface area contributed by atoms with E-state index in [1.165, 1.54) is 23.5 Å². The fourth-order valence-electron chi connectivity index (χ4n) is 6.64. The first kappa shape index (κ1) is 28.1. The second-order valence-corrected chi connectivity index (χ2v) is 13.6. The van der Waals surface area contributed by atoms with Gasteiger partial charge in [-0.2, -0.15) is 9.59 Å². The fourth-order valence-corrected chi connectivity index (χ4v) is 9.84. The molecule has 0 radical (unpaired) electrons. The highest BCUT2D eigenvalue weighted by Crippen LogP contribution is 2.46. The molecule has 1 aromatic heterocycles. The molecule has 9 nitrogen and oxygen atoms in total. The summed E-state index contributed by atoms with van der Waals surface area (Å²) in [4.78, 5) is 27.8. The Morgan fingerprint density at radius 2 is 1.92 bits per heavy atom. The molecule has 2 N–H and O–H groups in total. The van der Waals surface area contributed by atoms with E-state index in [2.05, 4.69) is 14.6 Å². The largest absolute Gasteiger partial charge is 0.393 e. The Balaban J connectivity index is 0.000000983. The van der Waals surface area contributed by atoms with Gasteiger partial charge in [0.1, 0.15) is 11.9 Å². The Hall–Kier alpha value is -2.47. The Kier molecular flexibility index (Phi) is 8.05. The van der Waals surface area contributed by atoms with Crippen LogP contribution in [0.2, 0.25) is 5.02 Å². The molecule has 2 aromatic rings. The highest BCUT2D eigenvalue weighted by atomic mass is 35.5. The Morgan fingerprint density at radius 1 is 1.23 bits per heavy atom. The van der Waals surface area contributed by atoms with Crippen LogP contribution in [0.4, 0.5) is 4.39 Å². The molecule has 0 spiro atoms. The van der Waals surface area contributed by atoms with Crippen LogP contribution >= 0.6 is 22.9 Å². The van der Waals surface area contributed by atoms with Crippen molar-refractivity contribution < 1.29 is 27.5 Å². The van der Waals surface area contributed by atoms with Crippen molar-refractivity contribution in [3.05, 3.63) is 62.5 Å². The lowest BCUT2D eigenvalue weighted by Crippen LogP contribution is -2.48. The van der Waals surface area contributed by atoms with Gasteiger partial charge in [0.2, 0.25) is 10.0 Å². The first-order valence-electron chi connectivity index (χ1n) is 12.7. The molecule has 3 heterocycles. The van der Waals surface area contributed by atoms with Crippen molar-refractivity contribution in [1.82, 2.24) is 14.6 Å². The average Bonchev–Trinajstić information content (AvgIpc) is 3.59. The molecule has 2 aliphatic carbocycles. The Bertz CT molecular complexity index is 1430. The maximum Gasteiger partial charge on any atom is 0.373 e. The third-order valence-corrected chi connectivity index (χ3v) is 11.3. The van der Waals surface area contributed by atoms with E-state index in [0.29, 0.717) is 42.2 Å². The van der Waals surface area contributed by atoms with Crippen molar-refractivity contribution in [3.8, 4) is 0 Å². The number of sulfonamides is 1. The second kappa shape index (κ2) is 11.2. The highest BCUT2D eigenvalue weighted by molar-refractivity contribution is 7.90. The lowest BCUT2D eigenvalue weighted by molar-refractivity contribution is -0.191. The Labute approximate surface area is 234 Å². The van der Waals surface area contributed by atoms with E-state index < -0.39 is 33.2 Å². The van der Waals surface area contributed by atoms with E-state index >= 15 is 0 Å². The SMILES string of the molecule is CC1=C2CC(NS(=O)(=O)C3C4CCC3CC(O)C4)CN2C(c2nccs2)=N[C@H]1c1ccc(F)cc1Cl.O=C=O. The number of fused-ring (bicyclic) bond motifs is 3. The third-order valence-electron chi connectivity index (χ3n) is 8.10. The number of amidine groups is 1. The number of carbonyl (C=O) groups excluding carboxylic acids is 2. The molecule has 1 saturated heterocycles. The number of rotatable bonds is 5. The van der Waals surface area contributed by atoms with Crippen molar-refractivity contribution in [2.45, 2.75) is 62.5 Å². The second-order valence-electron chi connectivity index (χ2n) is 10.4. The molecule has 13 heteroatoms. The minimum absolute atomic E-state index is 0.0126. The predicted octanol–water partition coefficient (Wildman–Crippen LogP) is 3.67. The molecule has 1 aromatic carbocycles. The first-order chi connectivity index (χ1) is 18.6. The average molecular weight is 595 g/mol. The first-order valence-corrected chi connectivity index (χ1v) is 15.5. The van der Waals surface area contributed by atoms with Gasteiger partial charge in [0.25, 0.3) is 0 Å². The minimum Gasteiger partial charge on any atom is -0.393 e. The zero-order valence-electron chi connectivity index (χ0n) is 21.1. The number of thiazole rings is 1. The summed E-state index contributed by atoms with van der Waals surface area (Å²) >= 11 is 7.89. The number of benzene rings is 1. The van der Waals surface area contributed by atoms with E-state index in [4.69, 9.17) is 26.2 Å². The Morgan fingerprint density at radius 3 is 2.54 bits per heavy atom. The van der Waals surface area contributed by atoms with Gasteiger partial charge in [-0.15, -0.1) is 11.3 Å². The summed E-state index contributed by atoms with van der Waals surface area (Å²) in [5.74, 6) is 0.297. The summed E-state index contributed by atoms with van der Waals surface area (Å²) in [6.07, 6.45) is 4.93. The van der Waals surface area contributed by atoms with Gasteiger partial charge in [-0.05, 0) is 67.7 Å². The fraction of sp³-hybridized carbons (Fsp3) is 0.500. The number of aliphatic imine (C=N–C) groups is 1. The number of aliphatic hydroxyl groups is 1. The van der Waals surface area contributed by atoms with Crippen LogP contribution in [0.25, 0.3) is 0 Å². The van der Waals surface area contributed by atoms with Gasteiger partial charge in [-0.25, -0.2) is 22.5 Å². The molecule has 4 aliphatic rings. The normalized spacial score (nSPS) is 29.8. The van der Waals surface area contributed by atoms with Crippen LogP contribution in [-0.2, 0) is 19.6 Å². The van der Waals surface area contributed by atoms with Crippen LogP contribution in [-0.4, -0.2) is 59.3 Å². The maximum atomic E-state index is 13.7. The van der Waals surface area contributed by atoms with E-state index in [0.717, 1.165) is 29.1 Å². The molecular formula is C26H28ClFN4O5S2. The van der Waals surface area contributed by atoms with Crippen LogP contribution in [0.1, 0.15) is 55.6 Å². The molecule has 3 unspecified atom stereocenters.